The average Bonchev–Trinajstić information content (AvgIpc) is 2.98. The molecule has 0 aliphatic carbocycles. The average molecular weight is 336 g/mol. The van der Waals surface area contributed by atoms with E-state index >= 15 is 0 Å². The van der Waals surface area contributed by atoms with Crippen LogP contribution in [0.25, 0.3) is 0 Å². The molecule has 2 heterocycles. The van der Waals surface area contributed by atoms with Gasteiger partial charge in [0.2, 0.25) is 0 Å². The van der Waals surface area contributed by atoms with Crippen molar-refractivity contribution in [3.8, 4) is 0 Å². The van der Waals surface area contributed by atoms with E-state index in [0.29, 0.717) is 0 Å². The van der Waals surface area contributed by atoms with Crippen LogP contribution in [0.15, 0.2) is 48.5 Å². The van der Waals surface area contributed by atoms with Crippen LogP contribution in [-0.2, 0) is 17.7 Å². The third kappa shape index (κ3) is 3.32. The number of benzene rings is 2. The van der Waals surface area contributed by atoms with E-state index < -0.39 is 0 Å². The molecule has 2 aromatic carbocycles. The van der Waals surface area contributed by atoms with Gasteiger partial charge in [-0.2, -0.15) is 0 Å². The molecule has 4 heteroatoms. The Morgan fingerprint density at radius 3 is 2.56 bits per heavy atom. The Balaban J connectivity index is 1.49. The minimum absolute atomic E-state index is 0.0929. The Labute approximate surface area is 149 Å². The number of hydrogen-bond acceptors (Lipinski definition) is 3. The third-order valence-corrected chi connectivity index (χ3v) is 5.14. The highest BCUT2D eigenvalue weighted by molar-refractivity contribution is 6.07. The van der Waals surface area contributed by atoms with E-state index in [4.69, 9.17) is 4.74 Å². The molecular weight excluding hydrogens is 312 g/mol. The first-order valence-electron chi connectivity index (χ1n) is 9.03. The zero-order valence-corrected chi connectivity index (χ0v) is 14.6. The monoisotopic (exact) mass is 336 g/mol. The molecule has 1 saturated heterocycles. The summed E-state index contributed by atoms with van der Waals surface area (Å²) < 4.78 is 5.39. The molecule has 2 aromatic rings. The second kappa shape index (κ2) is 6.98. The summed E-state index contributed by atoms with van der Waals surface area (Å²) in [6.45, 7) is 6.60. The quantitative estimate of drug-likeness (QED) is 0.863. The van der Waals surface area contributed by atoms with Crippen molar-refractivity contribution >= 4 is 11.6 Å². The van der Waals surface area contributed by atoms with Gasteiger partial charge >= 0.3 is 0 Å². The molecule has 0 N–H and O–H groups in total. The van der Waals surface area contributed by atoms with Crippen molar-refractivity contribution in [2.75, 3.05) is 31.2 Å². The number of amides is 1. The van der Waals surface area contributed by atoms with Gasteiger partial charge in [0.1, 0.15) is 0 Å². The van der Waals surface area contributed by atoms with Gasteiger partial charge in [-0.15, -0.1) is 0 Å². The Kier molecular flexibility index (Phi) is 4.55. The van der Waals surface area contributed by atoms with Crippen LogP contribution in [0.3, 0.4) is 0 Å². The van der Waals surface area contributed by atoms with Gasteiger partial charge in [-0.3, -0.25) is 9.69 Å². The first-order chi connectivity index (χ1) is 12.2. The van der Waals surface area contributed by atoms with Gasteiger partial charge in [0, 0.05) is 36.9 Å². The molecule has 0 aromatic heterocycles. The molecule has 130 valence electrons. The number of morpholine rings is 1. The molecule has 0 radical (unpaired) electrons. The number of ether oxygens (including phenoxy) is 1. The first kappa shape index (κ1) is 16.3. The SMILES string of the molecule is CC1Cc2ccccc2N1C(=O)c1ccc(CN2CCOCC2)cc1. The van der Waals surface area contributed by atoms with Crippen LogP contribution < -0.4 is 4.90 Å². The van der Waals surface area contributed by atoms with E-state index in [0.717, 1.165) is 50.5 Å². The van der Waals surface area contributed by atoms with Gasteiger partial charge < -0.3 is 9.64 Å². The van der Waals surface area contributed by atoms with Crippen molar-refractivity contribution in [2.24, 2.45) is 0 Å². The van der Waals surface area contributed by atoms with Gasteiger partial charge in [0.05, 0.1) is 13.2 Å². The highest BCUT2D eigenvalue weighted by atomic mass is 16.5. The van der Waals surface area contributed by atoms with Crippen LogP contribution in [0.2, 0.25) is 0 Å². The van der Waals surface area contributed by atoms with E-state index in [9.17, 15) is 4.79 Å². The molecule has 1 fully saturated rings. The van der Waals surface area contributed by atoms with Crippen LogP contribution in [0.5, 0.6) is 0 Å². The number of anilines is 1. The maximum Gasteiger partial charge on any atom is 0.258 e. The fourth-order valence-corrected chi connectivity index (χ4v) is 3.78. The Morgan fingerprint density at radius 2 is 1.80 bits per heavy atom. The van der Waals surface area contributed by atoms with Crippen LogP contribution in [0.4, 0.5) is 5.69 Å². The van der Waals surface area contributed by atoms with E-state index in [1.54, 1.807) is 0 Å². The normalized spacial score (nSPS) is 20.5. The Morgan fingerprint density at radius 1 is 1.08 bits per heavy atom. The number of nitrogens with zero attached hydrogens (tertiary/aromatic N) is 2. The summed E-state index contributed by atoms with van der Waals surface area (Å²) in [5, 5.41) is 0. The van der Waals surface area contributed by atoms with Gasteiger partial charge in [-0.25, -0.2) is 0 Å². The lowest BCUT2D eigenvalue weighted by atomic mass is 10.1. The molecule has 25 heavy (non-hydrogen) atoms. The molecule has 0 saturated carbocycles. The number of fused-ring (bicyclic) bond motifs is 1. The van der Waals surface area contributed by atoms with Crippen molar-refractivity contribution in [2.45, 2.75) is 25.9 Å². The highest BCUT2D eigenvalue weighted by Gasteiger charge is 2.31. The van der Waals surface area contributed by atoms with Crippen molar-refractivity contribution in [1.29, 1.82) is 0 Å². The molecule has 2 aliphatic heterocycles. The molecule has 1 unspecified atom stereocenters. The minimum Gasteiger partial charge on any atom is -0.379 e. The van der Waals surface area contributed by atoms with E-state index in [1.807, 2.05) is 35.2 Å². The molecule has 1 atom stereocenters. The number of rotatable bonds is 3. The summed E-state index contributed by atoms with van der Waals surface area (Å²) in [4.78, 5) is 17.3. The van der Waals surface area contributed by atoms with Gasteiger partial charge in [0.25, 0.3) is 5.91 Å². The van der Waals surface area contributed by atoms with Crippen LogP contribution >= 0.6 is 0 Å². The van der Waals surface area contributed by atoms with Crippen molar-refractivity contribution in [3.63, 3.8) is 0 Å². The summed E-state index contributed by atoms with van der Waals surface area (Å²) in [5.41, 5.74) is 4.31. The third-order valence-electron chi connectivity index (χ3n) is 5.14. The molecular formula is C21H24N2O2. The van der Waals surface area contributed by atoms with E-state index in [-0.39, 0.29) is 11.9 Å². The highest BCUT2D eigenvalue weighted by Crippen LogP contribution is 2.33. The standard InChI is InChI=1S/C21H24N2O2/c1-16-14-19-4-2-3-5-20(19)23(16)21(24)18-8-6-17(7-9-18)15-22-10-12-25-13-11-22/h2-9,16H,10-15H2,1H3. The summed E-state index contributed by atoms with van der Waals surface area (Å²) >= 11 is 0. The zero-order chi connectivity index (χ0) is 17.2. The predicted molar refractivity (Wildman–Crippen MR) is 99.0 cm³/mol. The summed E-state index contributed by atoms with van der Waals surface area (Å²) in [5.74, 6) is 0.0929. The number of hydrogen-bond donors (Lipinski definition) is 0. The Hall–Kier alpha value is -2.17. The Bertz CT molecular complexity index is 751. The molecule has 2 aliphatic rings. The maximum absolute atomic E-state index is 13.0. The van der Waals surface area contributed by atoms with Gasteiger partial charge in [-0.1, -0.05) is 30.3 Å². The lowest BCUT2D eigenvalue weighted by Crippen LogP contribution is -2.36. The molecule has 4 rings (SSSR count). The van der Waals surface area contributed by atoms with E-state index in [1.165, 1.54) is 11.1 Å². The minimum atomic E-state index is 0.0929. The summed E-state index contributed by atoms with van der Waals surface area (Å²) in [6, 6.07) is 16.5. The van der Waals surface area contributed by atoms with Gasteiger partial charge in [0.15, 0.2) is 0 Å². The van der Waals surface area contributed by atoms with E-state index in [2.05, 4.69) is 30.0 Å². The molecule has 4 nitrogen and oxygen atoms in total. The van der Waals surface area contributed by atoms with Crippen LogP contribution in [0, 0.1) is 0 Å². The maximum atomic E-state index is 13.0. The fourth-order valence-electron chi connectivity index (χ4n) is 3.78. The number of para-hydroxylation sites is 1. The fraction of sp³-hybridized carbons (Fsp3) is 0.381. The van der Waals surface area contributed by atoms with Crippen molar-refractivity contribution in [3.05, 3.63) is 65.2 Å². The second-order valence-electron chi connectivity index (χ2n) is 6.94. The lowest BCUT2D eigenvalue weighted by molar-refractivity contribution is 0.0342. The lowest BCUT2D eigenvalue weighted by Gasteiger charge is -2.26. The van der Waals surface area contributed by atoms with Crippen LogP contribution in [-0.4, -0.2) is 43.2 Å². The predicted octanol–water partition coefficient (Wildman–Crippen LogP) is 3.11. The number of carbonyl (C=O) groups is 1. The summed E-state index contributed by atoms with van der Waals surface area (Å²) in [7, 11) is 0. The first-order valence-corrected chi connectivity index (χ1v) is 9.03. The van der Waals surface area contributed by atoms with Crippen LogP contribution in [0.1, 0.15) is 28.4 Å². The van der Waals surface area contributed by atoms with Crippen molar-refractivity contribution in [1.82, 2.24) is 4.90 Å². The molecule has 0 bridgehead atoms. The molecule has 0 spiro atoms. The molecule has 1 amide bonds. The second-order valence-corrected chi connectivity index (χ2v) is 6.94. The topological polar surface area (TPSA) is 32.8 Å². The zero-order valence-electron chi connectivity index (χ0n) is 14.6. The largest absolute Gasteiger partial charge is 0.379 e. The van der Waals surface area contributed by atoms with Gasteiger partial charge in [-0.05, 0) is 42.7 Å². The smallest absolute Gasteiger partial charge is 0.258 e. The number of carbonyl (C=O) groups excluding carboxylic acids is 1. The summed E-state index contributed by atoms with van der Waals surface area (Å²) in [6.07, 6.45) is 0.928. The van der Waals surface area contributed by atoms with Crippen molar-refractivity contribution < 1.29 is 9.53 Å².